The fourth-order valence-electron chi connectivity index (χ4n) is 4.97. The lowest BCUT2D eigenvalue weighted by atomic mass is 9.96. The van der Waals surface area contributed by atoms with Crippen LogP contribution in [0.3, 0.4) is 0 Å². The summed E-state index contributed by atoms with van der Waals surface area (Å²) in [5, 5.41) is 4.89. The van der Waals surface area contributed by atoms with E-state index in [0.29, 0.717) is 18.7 Å². The SMILES string of the molecule is C[C@H](NC(=O)c1ccc(N2[C@@H]3CC[C@H]2C[C@@H](NC(=O)C(C)(C)Oc2cc(F)c(Cl)cc2Cl)C3)nc1)C(F)(F)F. The molecule has 1 aromatic carbocycles. The lowest BCUT2D eigenvalue weighted by molar-refractivity contribution is -0.149. The van der Waals surface area contributed by atoms with Crippen molar-refractivity contribution in [2.45, 2.75) is 82.4 Å². The average molecular weight is 591 g/mol. The van der Waals surface area contributed by atoms with Gasteiger partial charge in [-0.2, -0.15) is 13.2 Å². The van der Waals surface area contributed by atoms with Gasteiger partial charge in [0, 0.05) is 30.4 Å². The van der Waals surface area contributed by atoms with Crippen LogP contribution in [-0.4, -0.2) is 52.7 Å². The molecule has 0 saturated carbocycles. The first-order valence-corrected chi connectivity index (χ1v) is 13.2. The Morgan fingerprint density at radius 3 is 2.31 bits per heavy atom. The molecule has 0 radical (unpaired) electrons. The monoisotopic (exact) mass is 590 g/mol. The molecule has 2 saturated heterocycles. The smallest absolute Gasteiger partial charge is 0.408 e. The minimum Gasteiger partial charge on any atom is -0.476 e. The molecule has 2 N–H and O–H groups in total. The fourth-order valence-corrected chi connectivity index (χ4v) is 5.39. The van der Waals surface area contributed by atoms with Crippen molar-refractivity contribution in [3.8, 4) is 5.75 Å². The van der Waals surface area contributed by atoms with Crippen LogP contribution in [0.2, 0.25) is 10.0 Å². The van der Waals surface area contributed by atoms with Gasteiger partial charge in [0.1, 0.15) is 23.4 Å². The number of halogens is 6. The van der Waals surface area contributed by atoms with Crippen LogP contribution in [0.15, 0.2) is 30.5 Å². The number of ether oxygens (including phenoxy) is 1. The van der Waals surface area contributed by atoms with Gasteiger partial charge in [0.05, 0.1) is 15.6 Å². The van der Waals surface area contributed by atoms with Crippen molar-refractivity contribution < 1.29 is 31.9 Å². The summed E-state index contributed by atoms with van der Waals surface area (Å²) in [5.74, 6) is -1.32. The molecule has 2 bridgehead atoms. The van der Waals surface area contributed by atoms with Gasteiger partial charge < -0.3 is 20.3 Å². The van der Waals surface area contributed by atoms with Crippen LogP contribution in [0.5, 0.6) is 5.75 Å². The molecule has 2 amide bonds. The Morgan fingerprint density at radius 1 is 1.10 bits per heavy atom. The van der Waals surface area contributed by atoms with Crippen LogP contribution >= 0.6 is 23.2 Å². The highest BCUT2D eigenvalue weighted by Crippen LogP contribution is 2.39. The standard InChI is InChI=1S/C26H28Cl2F4N4O3/c1-13(26(30,31)32)34-23(37)14-4-7-22(33-12-14)36-16-5-6-17(36)9-15(8-16)35-24(38)25(2,3)39-21-11-20(29)18(27)10-19(21)28/h4,7,10-13,15-17H,5-6,8-9H2,1-3H3,(H,34,37)(H,35,38)/t13-,15-,16+,17-/m0/s1. The molecule has 0 spiro atoms. The number of anilines is 1. The molecule has 2 fully saturated rings. The molecule has 2 aliphatic rings. The summed E-state index contributed by atoms with van der Waals surface area (Å²) < 4.78 is 57.9. The maximum Gasteiger partial charge on any atom is 0.408 e. The van der Waals surface area contributed by atoms with Crippen LogP contribution < -0.4 is 20.3 Å². The maximum atomic E-state index is 13.9. The molecule has 39 heavy (non-hydrogen) atoms. The Labute approximate surface area is 233 Å². The molecular formula is C26H28Cl2F4N4O3. The van der Waals surface area contributed by atoms with Crippen molar-refractivity contribution in [1.29, 1.82) is 0 Å². The highest BCUT2D eigenvalue weighted by atomic mass is 35.5. The number of carbonyl (C=O) groups is 2. The van der Waals surface area contributed by atoms with Gasteiger partial charge in [-0.25, -0.2) is 9.37 Å². The van der Waals surface area contributed by atoms with Crippen molar-refractivity contribution >= 4 is 40.8 Å². The second-order valence-corrected chi connectivity index (χ2v) is 11.2. The van der Waals surface area contributed by atoms with E-state index in [4.69, 9.17) is 27.9 Å². The molecule has 0 unspecified atom stereocenters. The summed E-state index contributed by atoms with van der Waals surface area (Å²) in [6.45, 7) is 4.00. The van der Waals surface area contributed by atoms with Crippen LogP contribution in [0.4, 0.5) is 23.4 Å². The normalized spacial score (nSPS) is 21.9. The van der Waals surface area contributed by atoms with Gasteiger partial charge in [0.2, 0.25) is 0 Å². The second-order valence-electron chi connectivity index (χ2n) is 10.4. The van der Waals surface area contributed by atoms with Gasteiger partial charge >= 0.3 is 6.18 Å². The summed E-state index contributed by atoms with van der Waals surface area (Å²) >= 11 is 11.8. The molecule has 1 aromatic heterocycles. The Hall–Kier alpha value is -2.79. The van der Waals surface area contributed by atoms with E-state index >= 15 is 0 Å². The number of fused-ring (bicyclic) bond motifs is 2. The van der Waals surface area contributed by atoms with E-state index in [2.05, 4.69) is 15.2 Å². The van der Waals surface area contributed by atoms with E-state index in [1.807, 2.05) is 5.32 Å². The number of carbonyl (C=O) groups excluding carboxylic acids is 2. The van der Waals surface area contributed by atoms with Crippen LogP contribution in [0.25, 0.3) is 0 Å². The van der Waals surface area contributed by atoms with Gasteiger partial charge in [-0.15, -0.1) is 0 Å². The van der Waals surface area contributed by atoms with Gasteiger partial charge in [-0.05, 0) is 64.7 Å². The summed E-state index contributed by atoms with van der Waals surface area (Å²) in [6, 6.07) is 3.38. The average Bonchev–Trinajstić information content (AvgIpc) is 3.11. The first-order chi connectivity index (χ1) is 18.2. The molecule has 212 valence electrons. The van der Waals surface area contributed by atoms with E-state index in [1.54, 1.807) is 19.9 Å². The lowest BCUT2D eigenvalue weighted by Gasteiger charge is -2.40. The van der Waals surface area contributed by atoms with E-state index < -0.39 is 29.5 Å². The number of pyridine rings is 1. The molecule has 4 atom stereocenters. The van der Waals surface area contributed by atoms with Crippen LogP contribution in [-0.2, 0) is 4.79 Å². The predicted molar refractivity (Wildman–Crippen MR) is 139 cm³/mol. The van der Waals surface area contributed by atoms with Gasteiger partial charge in [-0.1, -0.05) is 23.2 Å². The lowest BCUT2D eigenvalue weighted by Crippen LogP contribution is -2.55. The number of amides is 2. The fraction of sp³-hybridized carbons (Fsp3) is 0.500. The largest absolute Gasteiger partial charge is 0.476 e. The number of piperidine rings is 1. The number of nitrogens with one attached hydrogen (secondary N) is 2. The van der Waals surface area contributed by atoms with Crippen LogP contribution in [0, 0.1) is 5.82 Å². The molecule has 0 aliphatic carbocycles. The number of nitrogens with zero attached hydrogens (tertiary/aromatic N) is 2. The van der Waals surface area contributed by atoms with Gasteiger partial charge in [0.15, 0.2) is 5.60 Å². The van der Waals surface area contributed by atoms with Crippen molar-refractivity contribution in [2.24, 2.45) is 0 Å². The third kappa shape index (κ3) is 6.51. The quantitative estimate of drug-likeness (QED) is 0.320. The third-order valence-electron chi connectivity index (χ3n) is 7.07. The Morgan fingerprint density at radius 2 is 1.74 bits per heavy atom. The molecule has 7 nitrogen and oxygen atoms in total. The minimum absolute atomic E-state index is 0.00433. The zero-order valence-corrected chi connectivity index (χ0v) is 22.9. The Bertz CT molecular complexity index is 1230. The molecule has 2 aromatic rings. The molecular weight excluding hydrogens is 563 g/mol. The van der Waals surface area contributed by atoms with E-state index in [-0.39, 0.29) is 45.4 Å². The van der Waals surface area contributed by atoms with Crippen molar-refractivity contribution in [3.63, 3.8) is 0 Å². The molecule has 4 rings (SSSR count). The molecule has 3 heterocycles. The highest BCUT2D eigenvalue weighted by Gasteiger charge is 2.43. The van der Waals surface area contributed by atoms with Crippen LogP contribution in [0.1, 0.15) is 56.8 Å². The summed E-state index contributed by atoms with van der Waals surface area (Å²) in [4.78, 5) is 31.8. The Balaban J connectivity index is 1.37. The third-order valence-corrected chi connectivity index (χ3v) is 7.65. The first kappa shape index (κ1) is 29.2. The van der Waals surface area contributed by atoms with E-state index in [9.17, 15) is 27.2 Å². The van der Waals surface area contributed by atoms with Crippen molar-refractivity contribution in [1.82, 2.24) is 15.6 Å². The van der Waals surface area contributed by atoms with E-state index in [1.165, 1.54) is 18.3 Å². The number of benzene rings is 1. The zero-order chi connectivity index (χ0) is 28.7. The first-order valence-electron chi connectivity index (χ1n) is 12.4. The molecule has 2 aliphatic heterocycles. The summed E-state index contributed by atoms with van der Waals surface area (Å²) in [7, 11) is 0. The summed E-state index contributed by atoms with van der Waals surface area (Å²) in [5.41, 5.74) is -1.31. The van der Waals surface area contributed by atoms with Gasteiger partial charge in [0.25, 0.3) is 11.8 Å². The van der Waals surface area contributed by atoms with Crippen molar-refractivity contribution in [2.75, 3.05) is 4.90 Å². The Kier molecular flexibility index (Phi) is 8.23. The second kappa shape index (κ2) is 11.0. The number of aromatic nitrogens is 1. The zero-order valence-electron chi connectivity index (χ0n) is 21.4. The van der Waals surface area contributed by atoms with Gasteiger partial charge in [-0.3, -0.25) is 9.59 Å². The predicted octanol–water partition coefficient (Wildman–Crippen LogP) is 5.68. The number of hydrogen-bond donors (Lipinski definition) is 2. The molecule has 13 heteroatoms. The van der Waals surface area contributed by atoms with E-state index in [0.717, 1.165) is 25.8 Å². The van der Waals surface area contributed by atoms with Crippen molar-refractivity contribution in [3.05, 3.63) is 51.9 Å². The number of alkyl halides is 3. The topological polar surface area (TPSA) is 83.6 Å². The summed E-state index contributed by atoms with van der Waals surface area (Å²) in [6.07, 6.45) is -0.230. The number of hydrogen-bond acceptors (Lipinski definition) is 5. The maximum absolute atomic E-state index is 13.9. The number of rotatable bonds is 7. The minimum atomic E-state index is -4.54. The highest BCUT2D eigenvalue weighted by molar-refractivity contribution is 6.35.